The van der Waals surface area contributed by atoms with Gasteiger partial charge in [0.25, 0.3) is 5.91 Å². The van der Waals surface area contributed by atoms with Gasteiger partial charge in [0, 0.05) is 17.6 Å². The molecular formula is C16H21BrN2O2S. The van der Waals surface area contributed by atoms with Gasteiger partial charge in [-0.15, -0.1) is 0 Å². The summed E-state index contributed by atoms with van der Waals surface area (Å²) in [5, 5.41) is 3.25. The highest BCUT2D eigenvalue weighted by molar-refractivity contribution is 9.10. The molecule has 1 fully saturated rings. The molecule has 0 atom stereocenters. The fraction of sp³-hybridized carbons (Fsp3) is 0.500. The summed E-state index contributed by atoms with van der Waals surface area (Å²) in [6.07, 6.45) is 2.23. The van der Waals surface area contributed by atoms with Gasteiger partial charge in [-0.25, -0.2) is 0 Å². The molecule has 1 N–H and O–H groups in total. The van der Waals surface area contributed by atoms with Gasteiger partial charge in [0.1, 0.15) is 5.75 Å². The van der Waals surface area contributed by atoms with Crippen LogP contribution in [0.4, 0.5) is 0 Å². The van der Waals surface area contributed by atoms with E-state index in [1.54, 1.807) is 0 Å². The minimum absolute atomic E-state index is 0.0363. The molecule has 1 heterocycles. The summed E-state index contributed by atoms with van der Waals surface area (Å²) in [5.41, 5.74) is 1.07. The Bertz CT molecular complexity index is 557. The molecule has 4 nitrogen and oxygen atoms in total. The van der Waals surface area contributed by atoms with Crippen LogP contribution in [0.5, 0.6) is 5.75 Å². The largest absolute Gasteiger partial charge is 0.484 e. The summed E-state index contributed by atoms with van der Waals surface area (Å²) in [6.45, 7) is 6.00. The van der Waals surface area contributed by atoms with E-state index in [1.807, 2.05) is 25.1 Å². The number of aryl methyl sites for hydroxylation is 1. The molecule has 1 amide bonds. The van der Waals surface area contributed by atoms with E-state index in [0.717, 1.165) is 41.9 Å². The highest BCUT2D eigenvalue weighted by atomic mass is 79.9. The third-order valence-electron chi connectivity index (χ3n) is 3.82. The summed E-state index contributed by atoms with van der Waals surface area (Å²) < 4.78 is 6.52. The molecule has 0 saturated carbocycles. The topological polar surface area (TPSA) is 41.6 Å². The maximum absolute atomic E-state index is 11.9. The Kier molecular flexibility index (Phi) is 6.20. The summed E-state index contributed by atoms with van der Waals surface area (Å²) >= 11 is 8.72. The summed E-state index contributed by atoms with van der Waals surface area (Å²) in [6, 6.07) is 5.62. The number of hydrogen-bond acceptors (Lipinski definition) is 3. The average Bonchev–Trinajstić information content (AvgIpc) is 2.49. The number of likely N-dealkylation sites (tertiary alicyclic amines) is 1. The lowest BCUT2D eigenvalue weighted by atomic mass is 10.00. The molecule has 0 radical (unpaired) electrons. The fourth-order valence-electron chi connectivity index (χ4n) is 2.30. The van der Waals surface area contributed by atoms with E-state index in [9.17, 15) is 4.79 Å². The molecule has 2 rings (SSSR count). The molecule has 1 aromatic carbocycles. The number of nitrogens with zero attached hydrogens (tertiary/aromatic N) is 1. The smallest absolute Gasteiger partial charge is 0.264 e. The number of piperidine rings is 1. The number of amides is 1. The first-order chi connectivity index (χ1) is 10.5. The van der Waals surface area contributed by atoms with Crippen LogP contribution in [0.15, 0.2) is 22.7 Å². The van der Waals surface area contributed by atoms with Gasteiger partial charge in [-0.2, -0.15) is 0 Å². The van der Waals surface area contributed by atoms with Crippen LogP contribution < -0.4 is 10.1 Å². The van der Waals surface area contributed by atoms with E-state index in [1.165, 1.54) is 0 Å². The second-order valence-corrected chi connectivity index (χ2v) is 6.96. The molecule has 0 aromatic heterocycles. The Morgan fingerprint density at radius 2 is 2.14 bits per heavy atom. The van der Waals surface area contributed by atoms with Gasteiger partial charge < -0.3 is 15.0 Å². The van der Waals surface area contributed by atoms with Gasteiger partial charge in [0.05, 0.1) is 0 Å². The first kappa shape index (κ1) is 17.2. The first-order valence-electron chi connectivity index (χ1n) is 7.43. The lowest BCUT2D eigenvalue weighted by Crippen LogP contribution is -2.47. The van der Waals surface area contributed by atoms with Crippen molar-refractivity contribution in [3.63, 3.8) is 0 Å². The van der Waals surface area contributed by atoms with Crippen LogP contribution in [0.25, 0.3) is 0 Å². The quantitative estimate of drug-likeness (QED) is 0.811. The van der Waals surface area contributed by atoms with Crippen LogP contribution in [0.1, 0.15) is 25.3 Å². The van der Waals surface area contributed by atoms with Gasteiger partial charge >= 0.3 is 0 Å². The van der Waals surface area contributed by atoms with Crippen molar-refractivity contribution in [2.45, 2.75) is 26.7 Å². The monoisotopic (exact) mass is 384 g/mol. The highest BCUT2D eigenvalue weighted by Crippen LogP contribution is 2.21. The molecule has 1 aromatic rings. The van der Waals surface area contributed by atoms with Crippen molar-refractivity contribution < 1.29 is 9.53 Å². The third-order valence-corrected chi connectivity index (χ3v) is 5.07. The molecule has 1 aliphatic heterocycles. The fourth-order valence-corrected chi connectivity index (χ4v) is 2.84. The lowest BCUT2D eigenvalue weighted by Gasteiger charge is -2.32. The van der Waals surface area contributed by atoms with Crippen molar-refractivity contribution in [1.29, 1.82) is 0 Å². The van der Waals surface area contributed by atoms with Crippen molar-refractivity contribution in [2.75, 3.05) is 19.7 Å². The van der Waals surface area contributed by atoms with Crippen LogP contribution in [0, 0.1) is 12.8 Å². The van der Waals surface area contributed by atoms with E-state index in [4.69, 9.17) is 17.0 Å². The summed E-state index contributed by atoms with van der Waals surface area (Å²) in [5.74, 6) is 1.19. The molecule has 22 heavy (non-hydrogen) atoms. The van der Waals surface area contributed by atoms with Gasteiger partial charge in [-0.1, -0.05) is 22.9 Å². The summed E-state index contributed by atoms with van der Waals surface area (Å²) in [7, 11) is 0. The lowest BCUT2D eigenvalue weighted by molar-refractivity contribution is -0.121. The minimum Gasteiger partial charge on any atom is -0.484 e. The van der Waals surface area contributed by atoms with Crippen molar-refractivity contribution in [1.82, 2.24) is 10.2 Å². The van der Waals surface area contributed by atoms with Gasteiger partial charge in [0.15, 0.2) is 11.7 Å². The summed E-state index contributed by atoms with van der Waals surface area (Å²) in [4.78, 5) is 14.0. The standard InChI is InChI=1S/C16H21BrN2O2S/c1-11-5-7-19(8-6-11)16(22)18-15(20)10-21-13-3-4-14(17)12(2)9-13/h3-4,9,11H,5-8,10H2,1-2H3,(H,18,20,22). The van der Waals surface area contributed by atoms with E-state index < -0.39 is 0 Å². The Morgan fingerprint density at radius 3 is 2.77 bits per heavy atom. The van der Waals surface area contributed by atoms with E-state index in [2.05, 4.69) is 33.1 Å². The van der Waals surface area contributed by atoms with Crippen molar-refractivity contribution in [3.8, 4) is 5.75 Å². The number of ether oxygens (including phenoxy) is 1. The number of benzene rings is 1. The van der Waals surface area contributed by atoms with Crippen LogP contribution in [0.3, 0.4) is 0 Å². The SMILES string of the molecule is Cc1cc(OCC(=O)NC(=S)N2CCC(C)CC2)ccc1Br. The normalized spacial score (nSPS) is 15.5. The number of nitrogens with one attached hydrogen (secondary N) is 1. The number of rotatable bonds is 3. The Balaban J connectivity index is 1.77. The molecule has 1 aliphatic rings. The molecule has 0 spiro atoms. The maximum atomic E-state index is 11.9. The molecule has 0 bridgehead atoms. The maximum Gasteiger partial charge on any atom is 0.264 e. The average molecular weight is 385 g/mol. The van der Waals surface area contributed by atoms with Gasteiger partial charge in [0.2, 0.25) is 0 Å². The van der Waals surface area contributed by atoms with Crippen molar-refractivity contribution in [2.24, 2.45) is 5.92 Å². The van der Waals surface area contributed by atoms with Crippen molar-refractivity contribution >= 4 is 39.2 Å². The number of carbonyl (C=O) groups is 1. The van der Waals surface area contributed by atoms with Gasteiger partial charge in [-0.3, -0.25) is 4.79 Å². The zero-order chi connectivity index (χ0) is 16.1. The Labute approximate surface area is 145 Å². The first-order valence-corrected chi connectivity index (χ1v) is 8.63. The van der Waals surface area contributed by atoms with Crippen LogP contribution in [-0.4, -0.2) is 35.6 Å². The number of thiocarbonyl (C=S) groups is 1. The van der Waals surface area contributed by atoms with E-state index in [0.29, 0.717) is 10.9 Å². The predicted molar refractivity (Wildman–Crippen MR) is 95.1 cm³/mol. The van der Waals surface area contributed by atoms with Crippen LogP contribution >= 0.6 is 28.1 Å². The predicted octanol–water partition coefficient (Wildman–Crippen LogP) is 3.27. The van der Waals surface area contributed by atoms with Crippen LogP contribution in [-0.2, 0) is 4.79 Å². The van der Waals surface area contributed by atoms with E-state index in [-0.39, 0.29) is 12.5 Å². The van der Waals surface area contributed by atoms with Crippen molar-refractivity contribution in [3.05, 3.63) is 28.2 Å². The second kappa shape index (κ2) is 7.92. The van der Waals surface area contributed by atoms with Crippen LogP contribution in [0.2, 0.25) is 0 Å². The zero-order valence-electron chi connectivity index (χ0n) is 12.9. The molecule has 1 saturated heterocycles. The number of halogens is 1. The second-order valence-electron chi connectivity index (χ2n) is 5.72. The molecule has 0 unspecified atom stereocenters. The van der Waals surface area contributed by atoms with E-state index >= 15 is 0 Å². The minimum atomic E-state index is -0.218. The molecule has 0 aliphatic carbocycles. The highest BCUT2D eigenvalue weighted by Gasteiger charge is 2.19. The molecule has 6 heteroatoms. The number of hydrogen-bond donors (Lipinski definition) is 1. The van der Waals surface area contributed by atoms with Gasteiger partial charge in [-0.05, 0) is 61.7 Å². The molecular weight excluding hydrogens is 364 g/mol. The molecule has 120 valence electrons. The zero-order valence-corrected chi connectivity index (χ0v) is 15.3. The Morgan fingerprint density at radius 1 is 1.45 bits per heavy atom. The third kappa shape index (κ3) is 4.95. The number of carbonyl (C=O) groups excluding carboxylic acids is 1. The Hall–Kier alpha value is -1.14.